The molecule has 1 N–H and O–H groups in total. The first-order valence-electron chi connectivity index (χ1n) is 12.4. The first kappa shape index (κ1) is 23.6. The van der Waals surface area contributed by atoms with E-state index in [0.29, 0.717) is 6.54 Å². The minimum atomic E-state index is -1.02. The molecule has 3 atom stereocenters. The quantitative estimate of drug-likeness (QED) is 0.341. The molecule has 1 heterocycles. The number of amides is 1. The fraction of sp³-hybridized carbons (Fsp3) is 0.188. The van der Waals surface area contributed by atoms with E-state index >= 15 is 0 Å². The van der Waals surface area contributed by atoms with Crippen molar-refractivity contribution in [2.75, 3.05) is 0 Å². The maximum Gasteiger partial charge on any atom is 0.250 e. The van der Waals surface area contributed by atoms with Crippen LogP contribution in [0.1, 0.15) is 48.2 Å². The van der Waals surface area contributed by atoms with Crippen molar-refractivity contribution in [2.45, 2.75) is 38.0 Å². The van der Waals surface area contributed by atoms with Crippen molar-refractivity contribution in [2.24, 2.45) is 4.99 Å². The Bertz CT molecular complexity index is 1320. The summed E-state index contributed by atoms with van der Waals surface area (Å²) in [5.41, 5.74) is 3.28. The van der Waals surface area contributed by atoms with E-state index < -0.39 is 5.54 Å². The molecule has 0 bridgehead atoms. The Morgan fingerprint density at radius 3 is 1.97 bits per heavy atom. The van der Waals surface area contributed by atoms with Gasteiger partial charge >= 0.3 is 0 Å². The summed E-state index contributed by atoms with van der Waals surface area (Å²) in [6, 6.07) is 40.4. The van der Waals surface area contributed by atoms with Crippen LogP contribution in [0.2, 0.25) is 0 Å². The number of aliphatic imine (C=N–C) groups is 1. The van der Waals surface area contributed by atoms with Gasteiger partial charge in [0.1, 0.15) is 5.84 Å². The normalized spacial score (nSPS) is 20.0. The number of hydrogen-bond acceptors (Lipinski definition) is 3. The fourth-order valence-electron chi connectivity index (χ4n) is 5.02. The lowest BCUT2D eigenvalue weighted by molar-refractivity contribution is -0.127. The SMILES string of the molecule is C[C@H](NC(=O)[C@]1(C)N=C(c2ccccc2)N(Cc2ccccc2)[C@@H]1c1ccccc1)c1ccccc1. The molecule has 4 heteroatoms. The maximum atomic E-state index is 14.1. The molecular weight excluding hydrogens is 442 g/mol. The number of hydrogen-bond donors (Lipinski definition) is 1. The molecule has 180 valence electrons. The molecule has 0 aliphatic carbocycles. The van der Waals surface area contributed by atoms with E-state index in [-0.39, 0.29) is 18.0 Å². The average Bonchev–Trinajstić information content (AvgIpc) is 3.23. The lowest BCUT2D eigenvalue weighted by Gasteiger charge is -2.36. The Morgan fingerprint density at radius 2 is 1.36 bits per heavy atom. The highest BCUT2D eigenvalue weighted by Crippen LogP contribution is 2.43. The smallest absolute Gasteiger partial charge is 0.250 e. The summed E-state index contributed by atoms with van der Waals surface area (Å²) < 4.78 is 0. The number of carbonyl (C=O) groups excluding carboxylic acids is 1. The van der Waals surface area contributed by atoms with Crippen molar-refractivity contribution in [1.82, 2.24) is 10.2 Å². The Labute approximate surface area is 213 Å². The van der Waals surface area contributed by atoms with E-state index in [0.717, 1.165) is 22.5 Å². The second-order valence-electron chi connectivity index (χ2n) is 9.48. The lowest BCUT2D eigenvalue weighted by atomic mass is 9.86. The number of nitrogens with one attached hydrogen (secondary N) is 1. The zero-order valence-corrected chi connectivity index (χ0v) is 20.7. The van der Waals surface area contributed by atoms with Crippen LogP contribution in [0.4, 0.5) is 0 Å². The van der Waals surface area contributed by atoms with E-state index in [4.69, 9.17) is 4.99 Å². The van der Waals surface area contributed by atoms with Crippen molar-refractivity contribution in [3.05, 3.63) is 144 Å². The van der Waals surface area contributed by atoms with E-state index in [1.54, 1.807) is 0 Å². The molecule has 4 aromatic carbocycles. The predicted octanol–water partition coefficient (Wildman–Crippen LogP) is 6.33. The first-order chi connectivity index (χ1) is 17.6. The highest BCUT2D eigenvalue weighted by atomic mass is 16.2. The van der Waals surface area contributed by atoms with Crippen LogP contribution in [0.15, 0.2) is 126 Å². The van der Waals surface area contributed by atoms with Gasteiger partial charge in [0.15, 0.2) is 5.54 Å². The zero-order chi connectivity index (χ0) is 25.0. The van der Waals surface area contributed by atoms with Gasteiger partial charge in [-0.1, -0.05) is 121 Å². The van der Waals surface area contributed by atoms with Gasteiger partial charge in [0, 0.05) is 12.1 Å². The van der Waals surface area contributed by atoms with Crippen LogP contribution in [0, 0.1) is 0 Å². The first-order valence-corrected chi connectivity index (χ1v) is 12.4. The van der Waals surface area contributed by atoms with Crippen molar-refractivity contribution in [3.8, 4) is 0 Å². The molecule has 1 aliphatic rings. The van der Waals surface area contributed by atoms with Gasteiger partial charge in [-0.25, -0.2) is 4.99 Å². The van der Waals surface area contributed by atoms with Crippen molar-refractivity contribution in [1.29, 1.82) is 0 Å². The van der Waals surface area contributed by atoms with Gasteiger partial charge in [0.25, 0.3) is 5.91 Å². The molecular formula is C32H31N3O. The number of rotatable bonds is 7. The number of carbonyl (C=O) groups is 1. The molecule has 0 saturated carbocycles. The van der Waals surface area contributed by atoms with Crippen LogP contribution in [0.25, 0.3) is 0 Å². The van der Waals surface area contributed by atoms with Gasteiger partial charge < -0.3 is 10.2 Å². The molecule has 36 heavy (non-hydrogen) atoms. The summed E-state index contributed by atoms with van der Waals surface area (Å²) in [6.45, 7) is 4.63. The monoisotopic (exact) mass is 473 g/mol. The molecule has 1 amide bonds. The van der Waals surface area contributed by atoms with Gasteiger partial charge in [-0.15, -0.1) is 0 Å². The van der Waals surface area contributed by atoms with Crippen LogP contribution in [0.5, 0.6) is 0 Å². The van der Waals surface area contributed by atoms with E-state index in [1.807, 2.05) is 86.6 Å². The van der Waals surface area contributed by atoms with Gasteiger partial charge in [-0.2, -0.15) is 0 Å². The average molecular weight is 474 g/mol. The molecule has 0 saturated heterocycles. The maximum absolute atomic E-state index is 14.1. The standard InChI is InChI=1S/C32H31N3O/c1-24(26-17-9-4-10-18-26)33-31(36)32(2)29(27-19-11-5-12-20-27)35(23-25-15-7-3-8-16-25)30(34-32)28-21-13-6-14-22-28/h3-22,24,29H,23H2,1-2H3,(H,33,36)/t24-,29+,32+/m0/s1. The van der Waals surface area contributed by atoms with Gasteiger partial charge in [0.05, 0.1) is 12.1 Å². The van der Waals surface area contributed by atoms with Crippen LogP contribution in [-0.2, 0) is 11.3 Å². The molecule has 0 spiro atoms. The zero-order valence-electron chi connectivity index (χ0n) is 20.7. The van der Waals surface area contributed by atoms with E-state index in [1.165, 1.54) is 5.56 Å². The second kappa shape index (κ2) is 10.2. The highest BCUT2D eigenvalue weighted by Gasteiger charge is 2.51. The molecule has 0 fully saturated rings. The van der Waals surface area contributed by atoms with Gasteiger partial charge in [0.2, 0.25) is 0 Å². The van der Waals surface area contributed by atoms with E-state index in [9.17, 15) is 4.79 Å². The largest absolute Gasteiger partial charge is 0.347 e. The van der Waals surface area contributed by atoms with Crippen LogP contribution in [0.3, 0.4) is 0 Å². The summed E-state index contributed by atoms with van der Waals surface area (Å²) in [7, 11) is 0. The minimum Gasteiger partial charge on any atom is -0.347 e. The number of amidine groups is 1. The Kier molecular flexibility index (Phi) is 6.68. The molecule has 1 aliphatic heterocycles. The van der Waals surface area contributed by atoms with E-state index in [2.05, 4.69) is 58.7 Å². The van der Waals surface area contributed by atoms with Crippen LogP contribution >= 0.6 is 0 Å². The third-order valence-corrected chi connectivity index (χ3v) is 6.90. The Balaban J connectivity index is 1.59. The topological polar surface area (TPSA) is 44.7 Å². The number of benzene rings is 4. The third-order valence-electron chi connectivity index (χ3n) is 6.90. The summed E-state index contributed by atoms with van der Waals surface area (Å²) in [4.78, 5) is 21.6. The van der Waals surface area contributed by atoms with Crippen molar-refractivity contribution < 1.29 is 4.79 Å². The summed E-state index contributed by atoms with van der Waals surface area (Å²) in [6.07, 6.45) is 0. The number of nitrogens with zero attached hydrogens (tertiary/aromatic N) is 2. The van der Waals surface area contributed by atoms with Crippen molar-refractivity contribution in [3.63, 3.8) is 0 Å². The second-order valence-corrected chi connectivity index (χ2v) is 9.48. The molecule has 0 radical (unpaired) electrons. The fourth-order valence-corrected chi connectivity index (χ4v) is 5.02. The molecule has 4 aromatic rings. The van der Waals surface area contributed by atoms with Crippen LogP contribution in [-0.4, -0.2) is 22.2 Å². The Hall–Kier alpha value is -4.18. The summed E-state index contributed by atoms with van der Waals surface area (Å²) in [5, 5.41) is 3.26. The Morgan fingerprint density at radius 1 is 0.833 bits per heavy atom. The molecule has 0 aromatic heterocycles. The third kappa shape index (κ3) is 4.67. The van der Waals surface area contributed by atoms with Crippen LogP contribution < -0.4 is 5.32 Å². The highest BCUT2D eigenvalue weighted by molar-refractivity contribution is 6.04. The molecule has 5 rings (SSSR count). The predicted molar refractivity (Wildman–Crippen MR) is 146 cm³/mol. The summed E-state index contributed by atoms with van der Waals surface area (Å²) >= 11 is 0. The van der Waals surface area contributed by atoms with Crippen molar-refractivity contribution >= 4 is 11.7 Å². The van der Waals surface area contributed by atoms with Gasteiger partial charge in [-0.05, 0) is 30.5 Å². The molecule has 0 unspecified atom stereocenters. The summed E-state index contributed by atoms with van der Waals surface area (Å²) in [5.74, 6) is 0.745. The molecule has 4 nitrogen and oxygen atoms in total. The lowest BCUT2D eigenvalue weighted by Crippen LogP contribution is -2.49. The minimum absolute atomic E-state index is 0.0864. The van der Waals surface area contributed by atoms with Gasteiger partial charge in [-0.3, -0.25) is 4.79 Å².